The fourth-order valence-electron chi connectivity index (χ4n) is 3.19. The average Bonchev–Trinajstić information content (AvgIpc) is 3.18. The molecule has 1 N–H and O–H groups in total. The molecule has 1 fully saturated rings. The number of likely N-dealkylation sites (tertiary alicyclic amines) is 1. The fourth-order valence-corrected chi connectivity index (χ4v) is 3.19. The lowest BCUT2D eigenvalue weighted by Crippen LogP contribution is -2.34. The van der Waals surface area contributed by atoms with Crippen molar-refractivity contribution in [2.45, 2.75) is 18.9 Å². The number of rotatable bonds is 4. The van der Waals surface area contributed by atoms with E-state index in [1.54, 1.807) is 31.4 Å². The van der Waals surface area contributed by atoms with Gasteiger partial charge in [-0.2, -0.15) is 0 Å². The zero-order chi connectivity index (χ0) is 18.5. The number of ether oxygens (including phenoxy) is 2. The third-order valence-corrected chi connectivity index (χ3v) is 4.57. The Kier molecular flexibility index (Phi) is 5.41. The molecule has 1 heterocycles. The van der Waals surface area contributed by atoms with Crippen molar-refractivity contribution in [1.82, 2.24) is 4.90 Å². The molecular weight excluding hydrogens is 332 g/mol. The van der Waals surface area contributed by atoms with E-state index in [0.717, 1.165) is 24.2 Å². The summed E-state index contributed by atoms with van der Waals surface area (Å²) in [5, 5.41) is 2.90. The van der Waals surface area contributed by atoms with Gasteiger partial charge in [-0.15, -0.1) is 0 Å². The van der Waals surface area contributed by atoms with Crippen molar-refractivity contribution in [3.05, 3.63) is 59.7 Å². The Morgan fingerprint density at radius 2 is 1.73 bits per heavy atom. The summed E-state index contributed by atoms with van der Waals surface area (Å²) in [7, 11) is 2.97. The SMILES string of the molecule is COC(=O)c1ccc(NC(=O)N2CCC[C@H]2c2ccc(OC)cc2)cc1. The predicted octanol–water partition coefficient (Wildman–Crippen LogP) is 3.85. The summed E-state index contributed by atoms with van der Waals surface area (Å²) in [6.07, 6.45) is 1.90. The van der Waals surface area contributed by atoms with E-state index in [1.807, 2.05) is 29.2 Å². The minimum Gasteiger partial charge on any atom is -0.497 e. The Hall–Kier alpha value is -3.02. The lowest BCUT2D eigenvalue weighted by molar-refractivity contribution is 0.0600. The van der Waals surface area contributed by atoms with Crippen LogP contribution in [0.25, 0.3) is 0 Å². The van der Waals surface area contributed by atoms with Crippen LogP contribution in [0.15, 0.2) is 48.5 Å². The lowest BCUT2D eigenvalue weighted by Gasteiger charge is -2.25. The number of urea groups is 1. The van der Waals surface area contributed by atoms with Gasteiger partial charge in [0, 0.05) is 12.2 Å². The van der Waals surface area contributed by atoms with Gasteiger partial charge in [-0.05, 0) is 54.8 Å². The minimum absolute atomic E-state index is 0.0512. The van der Waals surface area contributed by atoms with Crippen molar-refractivity contribution in [3.8, 4) is 5.75 Å². The van der Waals surface area contributed by atoms with Crippen molar-refractivity contribution in [1.29, 1.82) is 0 Å². The molecule has 1 aliphatic heterocycles. The quantitative estimate of drug-likeness (QED) is 0.847. The summed E-state index contributed by atoms with van der Waals surface area (Å²) in [6.45, 7) is 0.711. The molecule has 0 saturated carbocycles. The highest BCUT2D eigenvalue weighted by atomic mass is 16.5. The van der Waals surface area contributed by atoms with E-state index in [9.17, 15) is 9.59 Å². The molecule has 2 aromatic rings. The highest BCUT2D eigenvalue weighted by Crippen LogP contribution is 2.33. The molecule has 0 aliphatic carbocycles. The third kappa shape index (κ3) is 3.79. The zero-order valence-corrected chi connectivity index (χ0v) is 14.9. The monoisotopic (exact) mass is 354 g/mol. The summed E-state index contributed by atoms with van der Waals surface area (Å²) in [4.78, 5) is 26.0. The molecule has 2 amide bonds. The first-order valence-corrected chi connectivity index (χ1v) is 8.52. The first-order chi connectivity index (χ1) is 12.6. The summed E-state index contributed by atoms with van der Waals surface area (Å²) in [5.41, 5.74) is 2.19. The maximum absolute atomic E-state index is 12.7. The molecule has 0 aromatic heterocycles. The van der Waals surface area contributed by atoms with Gasteiger partial charge in [0.1, 0.15) is 5.75 Å². The van der Waals surface area contributed by atoms with Crippen LogP contribution in [0.1, 0.15) is 34.8 Å². The summed E-state index contributed by atoms with van der Waals surface area (Å²) in [6, 6.07) is 14.4. The van der Waals surface area contributed by atoms with Gasteiger partial charge < -0.3 is 19.7 Å². The Balaban J connectivity index is 1.68. The Morgan fingerprint density at radius 3 is 2.35 bits per heavy atom. The standard InChI is InChI=1S/C20H22N2O4/c1-25-17-11-7-14(8-12-17)18-4-3-13-22(18)20(24)21-16-9-5-15(6-10-16)19(23)26-2/h5-12,18H,3-4,13H2,1-2H3,(H,21,24)/t18-/m0/s1. The number of amides is 2. The molecule has 1 atom stereocenters. The second-order valence-electron chi connectivity index (χ2n) is 6.12. The second kappa shape index (κ2) is 7.91. The highest BCUT2D eigenvalue weighted by molar-refractivity contribution is 5.92. The molecule has 2 aromatic carbocycles. The van der Waals surface area contributed by atoms with Gasteiger partial charge in [-0.3, -0.25) is 0 Å². The Bertz CT molecular complexity index is 771. The number of methoxy groups -OCH3 is 2. The molecule has 1 saturated heterocycles. The van der Waals surface area contributed by atoms with Crippen LogP contribution >= 0.6 is 0 Å². The van der Waals surface area contributed by atoms with Crippen molar-refractivity contribution in [2.24, 2.45) is 0 Å². The molecule has 3 rings (SSSR count). The van der Waals surface area contributed by atoms with Crippen LogP contribution in [0.5, 0.6) is 5.75 Å². The maximum Gasteiger partial charge on any atom is 0.337 e. The van der Waals surface area contributed by atoms with E-state index in [2.05, 4.69) is 10.1 Å². The molecule has 0 spiro atoms. The molecular formula is C20H22N2O4. The number of hydrogen-bond donors (Lipinski definition) is 1. The molecule has 136 valence electrons. The number of hydrogen-bond acceptors (Lipinski definition) is 4. The average molecular weight is 354 g/mol. The Labute approximate surface area is 152 Å². The van der Waals surface area contributed by atoms with E-state index in [-0.39, 0.29) is 12.1 Å². The van der Waals surface area contributed by atoms with E-state index in [0.29, 0.717) is 17.8 Å². The molecule has 6 nitrogen and oxygen atoms in total. The lowest BCUT2D eigenvalue weighted by atomic mass is 10.0. The summed E-state index contributed by atoms with van der Waals surface area (Å²) in [5.74, 6) is 0.399. The smallest absolute Gasteiger partial charge is 0.337 e. The van der Waals surface area contributed by atoms with Gasteiger partial charge in [-0.1, -0.05) is 12.1 Å². The van der Waals surface area contributed by atoms with Gasteiger partial charge in [0.25, 0.3) is 0 Å². The maximum atomic E-state index is 12.7. The van der Waals surface area contributed by atoms with Gasteiger partial charge in [0.2, 0.25) is 0 Å². The van der Waals surface area contributed by atoms with E-state index >= 15 is 0 Å². The van der Waals surface area contributed by atoms with Gasteiger partial charge in [0.15, 0.2) is 0 Å². The second-order valence-corrected chi connectivity index (χ2v) is 6.12. The summed E-state index contributed by atoms with van der Waals surface area (Å²) >= 11 is 0. The van der Waals surface area contributed by atoms with Crippen LogP contribution in [-0.2, 0) is 4.74 Å². The molecule has 1 aliphatic rings. The number of nitrogens with one attached hydrogen (secondary N) is 1. The van der Waals surface area contributed by atoms with Crippen LogP contribution in [0.2, 0.25) is 0 Å². The first kappa shape index (κ1) is 17.8. The number of anilines is 1. The van der Waals surface area contributed by atoms with Crippen molar-refractivity contribution in [3.63, 3.8) is 0 Å². The van der Waals surface area contributed by atoms with Gasteiger partial charge in [0.05, 0.1) is 25.8 Å². The van der Waals surface area contributed by atoms with Gasteiger partial charge >= 0.3 is 12.0 Å². The largest absolute Gasteiger partial charge is 0.497 e. The number of nitrogens with zero attached hydrogens (tertiary/aromatic N) is 1. The normalized spacial score (nSPS) is 16.2. The third-order valence-electron chi connectivity index (χ3n) is 4.57. The number of benzene rings is 2. The van der Waals surface area contributed by atoms with Crippen LogP contribution in [0.4, 0.5) is 10.5 Å². The predicted molar refractivity (Wildman–Crippen MR) is 98.5 cm³/mol. The van der Waals surface area contributed by atoms with Crippen molar-refractivity contribution < 1.29 is 19.1 Å². The van der Waals surface area contributed by atoms with Crippen LogP contribution < -0.4 is 10.1 Å². The highest BCUT2D eigenvalue weighted by Gasteiger charge is 2.30. The molecule has 26 heavy (non-hydrogen) atoms. The van der Waals surface area contributed by atoms with E-state index in [1.165, 1.54) is 7.11 Å². The number of carbonyl (C=O) groups is 2. The molecule has 6 heteroatoms. The fraction of sp³-hybridized carbons (Fsp3) is 0.300. The zero-order valence-electron chi connectivity index (χ0n) is 14.9. The molecule has 0 bridgehead atoms. The first-order valence-electron chi connectivity index (χ1n) is 8.52. The van der Waals surface area contributed by atoms with Crippen LogP contribution in [0, 0.1) is 0 Å². The Morgan fingerprint density at radius 1 is 1.04 bits per heavy atom. The van der Waals surface area contributed by atoms with Gasteiger partial charge in [-0.25, -0.2) is 9.59 Å². The van der Waals surface area contributed by atoms with Crippen LogP contribution in [-0.4, -0.2) is 37.7 Å². The van der Waals surface area contributed by atoms with Crippen LogP contribution in [0.3, 0.4) is 0 Å². The minimum atomic E-state index is -0.401. The molecule has 0 radical (unpaired) electrons. The topological polar surface area (TPSA) is 67.9 Å². The van der Waals surface area contributed by atoms with E-state index < -0.39 is 5.97 Å². The molecule has 0 unspecified atom stereocenters. The van der Waals surface area contributed by atoms with Crippen molar-refractivity contribution >= 4 is 17.7 Å². The van der Waals surface area contributed by atoms with Crippen molar-refractivity contribution in [2.75, 3.05) is 26.1 Å². The van der Waals surface area contributed by atoms with E-state index in [4.69, 9.17) is 4.74 Å². The number of esters is 1. The number of carbonyl (C=O) groups excluding carboxylic acids is 2. The summed E-state index contributed by atoms with van der Waals surface area (Å²) < 4.78 is 9.87.